The van der Waals surface area contributed by atoms with E-state index in [-0.39, 0.29) is 21.1 Å². The minimum atomic E-state index is 0. The van der Waals surface area contributed by atoms with Crippen molar-refractivity contribution >= 4 is 17.2 Å². The molecule has 7 heteroatoms. The Labute approximate surface area is 265 Å². The Hall–Kier alpha value is -5.06. The van der Waals surface area contributed by atoms with E-state index in [9.17, 15) is 0 Å². The molecule has 1 aliphatic heterocycles. The second-order valence-electron chi connectivity index (χ2n) is 9.52. The molecular formula is C36H24N5OPt-3. The molecule has 1 aromatic heterocycles. The number of para-hydroxylation sites is 1. The molecule has 212 valence electrons. The minimum Gasteiger partial charge on any atom is -0.503 e. The number of hydrazone groups is 1. The van der Waals surface area contributed by atoms with Gasteiger partial charge in [-0.3, -0.25) is 4.98 Å². The largest absolute Gasteiger partial charge is 0.503 e. The quantitative estimate of drug-likeness (QED) is 0.156. The van der Waals surface area contributed by atoms with Crippen molar-refractivity contribution in [3.63, 3.8) is 0 Å². The second kappa shape index (κ2) is 12.8. The van der Waals surface area contributed by atoms with Crippen LogP contribution < -0.4 is 14.6 Å². The van der Waals surface area contributed by atoms with Gasteiger partial charge in [0, 0.05) is 55.6 Å². The molecule has 6 aromatic rings. The van der Waals surface area contributed by atoms with Gasteiger partial charge in [-0.05, 0) is 17.8 Å². The van der Waals surface area contributed by atoms with E-state index in [1.54, 1.807) is 6.20 Å². The fourth-order valence-electron chi connectivity index (χ4n) is 4.66. The van der Waals surface area contributed by atoms with Crippen LogP contribution in [0.15, 0.2) is 145 Å². The fraction of sp³-hybridized carbons (Fsp3) is 0. The summed E-state index contributed by atoms with van der Waals surface area (Å²) in [6, 6.07) is 50.3. The molecule has 43 heavy (non-hydrogen) atoms. The van der Waals surface area contributed by atoms with E-state index in [0.717, 1.165) is 39.6 Å². The molecule has 0 saturated carbocycles. The molecule has 5 aromatic carbocycles. The molecule has 0 spiro atoms. The summed E-state index contributed by atoms with van der Waals surface area (Å²) < 4.78 is 6.22. The normalized spacial score (nSPS) is 12.4. The van der Waals surface area contributed by atoms with Crippen molar-refractivity contribution in [1.29, 1.82) is 0 Å². The van der Waals surface area contributed by atoms with Gasteiger partial charge in [-0.1, -0.05) is 96.7 Å². The molecule has 2 heterocycles. The Bertz CT molecular complexity index is 1850. The van der Waals surface area contributed by atoms with Gasteiger partial charge in [0.1, 0.15) is 11.7 Å². The molecule has 0 bridgehead atoms. The monoisotopic (exact) mass is 737 g/mol. The Kier molecular flexibility index (Phi) is 8.39. The zero-order valence-corrected chi connectivity index (χ0v) is 25.1. The summed E-state index contributed by atoms with van der Waals surface area (Å²) in [6.07, 6.45) is 1.76. The van der Waals surface area contributed by atoms with E-state index in [0.29, 0.717) is 17.3 Å². The SMILES string of the molecule is [Pt].[c-]1c(Oc2[c-]c(N3[CH-]N(c4ccccc4)C(c4ccccc4)=N3)ccc2)cccc1-c1ccnc(-c2ccccc2)n1. The van der Waals surface area contributed by atoms with Crippen LogP contribution in [-0.4, -0.2) is 15.8 Å². The Balaban J connectivity index is 0.00000329. The number of hydrogen-bond acceptors (Lipinski definition) is 6. The Morgan fingerprint density at radius 2 is 1.28 bits per heavy atom. The first kappa shape index (κ1) is 28.1. The number of nitrogens with zero attached hydrogens (tertiary/aromatic N) is 5. The molecule has 7 rings (SSSR count). The van der Waals surface area contributed by atoms with E-state index in [1.807, 2.05) is 121 Å². The fourth-order valence-corrected chi connectivity index (χ4v) is 4.66. The molecule has 0 saturated heterocycles. The number of anilines is 2. The van der Waals surface area contributed by atoms with Crippen LogP contribution >= 0.6 is 0 Å². The maximum absolute atomic E-state index is 6.22. The van der Waals surface area contributed by atoms with Gasteiger partial charge in [-0.25, -0.2) is 4.98 Å². The molecule has 0 atom stereocenters. The average Bonchev–Trinajstić information content (AvgIpc) is 3.52. The summed E-state index contributed by atoms with van der Waals surface area (Å²) in [5.74, 6) is 2.60. The van der Waals surface area contributed by atoms with Crippen LogP contribution in [0.5, 0.6) is 11.5 Å². The first-order valence-electron chi connectivity index (χ1n) is 13.5. The number of aromatic nitrogens is 2. The molecule has 0 fully saturated rings. The summed E-state index contributed by atoms with van der Waals surface area (Å²) in [5.41, 5.74) is 5.31. The molecule has 0 aliphatic carbocycles. The van der Waals surface area contributed by atoms with Crippen molar-refractivity contribution in [1.82, 2.24) is 9.97 Å². The number of hydrogen-bond donors (Lipinski definition) is 0. The van der Waals surface area contributed by atoms with Crippen LogP contribution in [0.3, 0.4) is 0 Å². The summed E-state index contributed by atoms with van der Waals surface area (Å²) in [6.45, 7) is 1.96. The van der Waals surface area contributed by atoms with Gasteiger partial charge in [-0.15, -0.1) is 48.6 Å². The second-order valence-corrected chi connectivity index (χ2v) is 9.52. The topological polar surface area (TPSA) is 53.9 Å². The zero-order chi connectivity index (χ0) is 28.1. The number of ether oxygens (including phenoxy) is 1. The van der Waals surface area contributed by atoms with Crippen LogP contribution in [0, 0.1) is 18.8 Å². The van der Waals surface area contributed by atoms with Gasteiger partial charge in [0.15, 0.2) is 0 Å². The molecule has 0 amide bonds. The molecule has 0 N–H and O–H groups in total. The molecular weight excluding hydrogens is 714 g/mol. The van der Waals surface area contributed by atoms with Crippen LogP contribution in [0.2, 0.25) is 0 Å². The van der Waals surface area contributed by atoms with Crippen molar-refractivity contribution in [3.8, 4) is 34.1 Å². The maximum Gasteiger partial charge on any atom is 0.150 e. The van der Waals surface area contributed by atoms with Gasteiger partial charge in [-0.2, -0.15) is 11.2 Å². The number of rotatable bonds is 7. The predicted octanol–water partition coefficient (Wildman–Crippen LogP) is 8.01. The van der Waals surface area contributed by atoms with Crippen LogP contribution in [-0.2, 0) is 21.1 Å². The van der Waals surface area contributed by atoms with Gasteiger partial charge in [0.25, 0.3) is 0 Å². The zero-order valence-electron chi connectivity index (χ0n) is 22.8. The summed E-state index contributed by atoms with van der Waals surface area (Å²) in [4.78, 5) is 11.3. The van der Waals surface area contributed by atoms with E-state index >= 15 is 0 Å². The van der Waals surface area contributed by atoms with Crippen molar-refractivity contribution in [2.75, 3.05) is 9.91 Å². The van der Waals surface area contributed by atoms with Crippen molar-refractivity contribution in [3.05, 3.63) is 164 Å². The van der Waals surface area contributed by atoms with Crippen LogP contribution in [0.4, 0.5) is 11.4 Å². The van der Waals surface area contributed by atoms with E-state index in [2.05, 4.69) is 46.3 Å². The average molecular weight is 738 g/mol. The Morgan fingerprint density at radius 3 is 2.02 bits per heavy atom. The van der Waals surface area contributed by atoms with Gasteiger partial charge in [0.05, 0.1) is 0 Å². The van der Waals surface area contributed by atoms with Crippen molar-refractivity contribution in [2.45, 2.75) is 0 Å². The van der Waals surface area contributed by atoms with Crippen molar-refractivity contribution < 1.29 is 25.8 Å². The van der Waals surface area contributed by atoms with Gasteiger partial charge in [0.2, 0.25) is 0 Å². The van der Waals surface area contributed by atoms with Crippen LogP contribution in [0.1, 0.15) is 5.56 Å². The predicted molar refractivity (Wildman–Crippen MR) is 166 cm³/mol. The molecule has 1 aliphatic rings. The minimum absolute atomic E-state index is 0. The molecule has 0 radical (unpaired) electrons. The van der Waals surface area contributed by atoms with Crippen molar-refractivity contribution in [2.24, 2.45) is 5.10 Å². The summed E-state index contributed by atoms with van der Waals surface area (Å²) >= 11 is 0. The third kappa shape index (κ3) is 6.25. The Morgan fingerprint density at radius 1 is 0.628 bits per heavy atom. The van der Waals surface area contributed by atoms with E-state index in [4.69, 9.17) is 14.8 Å². The standard InChI is InChI=1S/C36H24N5O.Pt/c1-4-12-27(13-5-1)35-37-23-22-34(38-35)29-16-10-20-32(24-29)42-33-21-11-19-31(25-33)41-26-40(30-17-8-3-9-18-30)36(39-41)28-14-6-2-7-15-28;/h1-23,26H;/q-3;. The van der Waals surface area contributed by atoms with E-state index in [1.165, 1.54) is 0 Å². The first-order valence-corrected chi connectivity index (χ1v) is 13.5. The van der Waals surface area contributed by atoms with Gasteiger partial charge < -0.3 is 14.6 Å². The molecule has 6 nitrogen and oxygen atoms in total. The maximum atomic E-state index is 6.22. The molecule has 0 unspecified atom stereocenters. The van der Waals surface area contributed by atoms with Gasteiger partial charge >= 0.3 is 0 Å². The first-order chi connectivity index (χ1) is 20.8. The number of benzene rings is 5. The number of amidine groups is 1. The van der Waals surface area contributed by atoms with E-state index < -0.39 is 0 Å². The third-order valence-corrected chi connectivity index (χ3v) is 6.67. The summed E-state index contributed by atoms with van der Waals surface area (Å²) in [5, 5.41) is 6.75. The smallest absolute Gasteiger partial charge is 0.150 e. The van der Waals surface area contributed by atoms with Crippen LogP contribution in [0.25, 0.3) is 22.6 Å². The summed E-state index contributed by atoms with van der Waals surface area (Å²) in [7, 11) is 0. The third-order valence-electron chi connectivity index (χ3n) is 6.67.